The molecular formula is C13H17N3O4. The summed E-state index contributed by atoms with van der Waals surface area (Å²) in [5.41, 5.74) is 1.59. The van der Waals surface area contributed by atoms with E-state index in [2.05, 4.69) is 5.32 Å². The van der Waals surface area contributed by atoms with Gasteiger partial charge in [-0.2, -0.15) is 0 Å². The zero-order valence-electron chi connectivity index (χ0n) is 11.3. The smallest absolute Gasteiger partial charge is 0.321 e. The highest BCUT2D eigenvalue weighted by Crippen LogP contribution is 2.30. The van der Waals surface area contributed by atoms with E-state index in [9.17, 15) is 14.9 Å². The number of nitro benzene ring substituents is 1. The zero-order valence-corrected chi connectivity index (χ0v) is 11.3. The number of anilines is 1. The van der Waals surface area contributed by atoms with Crippen molar-refractivity contribution in [3.05, 3.63) is 33.9 Å². The highest BCUT2D eigenvalue weighted by molar-refractivity contribution is 5.93. The van der Waals surface area contributed by atoms with Crippen molar-refractivity contribution in [2.24, 2.45) is 0 Å². The number of nitro groups is 1. The second kappa shape index (κ2) is 6.33. The van der Waals surface area contributed by atoms with E-state index in [0.717, 1.165) is 18.4 Å². The van der Waals surface area contributed by atoms with Crippen LogP contribution in [0.15, 0.2) is 18.2 Å². The van der Waals surface area contributed by atoms with Crippen LogP contribution in [0.5, 0.6) is 0 Å². The Morgan fingerprint density at radius 3 is 3.05 bits per heavy atom. The predicted octanol–water partition coefficient (Wildman–Crippen LogP) is 1.70. The van der Waals surface area contributed by atoms with Gasteiger partial charge in [0.2, 0.25) is 0 Å². The van der Waals surface area contributed by atoms with E-state index in [1.165, 1.54) is 12.1 Å². The van der Waals surface area contributed by atoms with E-state index < -0.39 is 4.92 Å². The number of carbonyl (C=O) groups excluding carboxylic acids is 1. The standard InChI is InChI=1S/C13H17N3O4/c1-20-8-6-14-13(17)15-7-2-3-10-4-5-11(16(18)19)9-12(10)15/h4-5,9H,2-3,6-8H2,1H3,(H,14,17). The van der Waals surface area contributed by atoms with Crippen molar-refractivity contribution in [3.63, 3.8) is 0 Å². The Morgan fingerprint density at radius 2 is 2.35 bits per heavy atom. The molecule has 0 atom stereocenters. The van der Waals surface area contributed by atoms with Gasteiger partial charge in [0.1, 0.15) is 0 Å². The van der Waals surface area contributed by atoms with Crippen LogP contribution in [0.4, 0.5) is 16.2 Å². The van der Waals surface area contributed by atoms with Crippen LogP contribution in [0.1, 0.15) is 12.0 Å². The summed E-state index contributed by atoms with van der Waals surface area (Å²) in [6.45, 7) is 1.41. The van der Waals surface area contributed by atoms with Gasteiger partial charge in [0, 0.05) is 32.3 Å². The first-order valence-corrected chi connectivity index (χ1v) is 6.45. The van der Waals surface area contributed by atoms with E-state index in [1.54, 1.807) is 18.1 Å². The number of benzene rings is 1. The Hall–Kier alpha value is -2.15. The quantitative estimate of drug-likeness (QED) is 0.516. The van der Waals surface area contributed by atoms with E-state index in [4.69, 9.17) is 4.74 Å². The van der Waals surface area contributed by atoms with Crippen molar-refractivity contribution in [1.82, 2.24) is 5.32 Å². The number of rotatable bonds is 4. The molecule has 108 valence electrons. The van der Waals surface area contributed by atoms with Crippen molar-refractivity contribution < 1.29 is 14.5 Å². The molecule has 0 bridgehead atoms. The van der Waals surface area contributed by atoms with E-state index in [-0.39, 0.29) is 11.7 Å². The lowest BCUT2D eigenvalue weighted by molar-refractivity contribution is -0.384. The average molecular weight is 279 g/mol. The molecule has 2 amide bonds. The average Bonchev–Trinajstić information content (AvgIpc) is 2.46. The molecule has 0 unspecified atom stereocenters. The van der Waals surface area contributed by atoms with Crippen molar-refractivity contribution in [2.45, 2.75) is 12.8 Å². The number of aryl methyl sites for hydroxylation is 1. The van der Waals surface area contributed by atoms with E-state index in [0.29, 0.717) is 25.4 Å². The number of non-ortho nitro benzene ring substituents is 1. The highest BCUT2D eigenvalue weighted by atomic mass is 16.6. The lowest BCUT2D eigenvalue weighted by atomic mass is 10.0. The molecule has 1 aliphatic heterocycles. The second-order valence-corrected chi connectivity index (χ2v) is 4.55. The largest absolute Gasteiger partial charge is 0.383 e. The molecule has 0 saturated heterocycles. The molecule has 1 aromatic rings. The van der Waals surface area contributed by atoms with Crippen LogP contribution in [-0.4, -0.2) is 37.8 Å². The molecule has 1 aromatic carbocycles. The zero-order chi connectivity index (χ0) is 14.5. The first kappa shape index (κ1) is 14.3. The fraction of sp³-hybridized carbons (Fsp3) is 0.462. The lowest BCUT2D eigenvalue weighted by Gasteiger charge is -2.29. The molecule has 1 heterocycles. The molecule has 0 fully saturated rings. The minimum atomic E-state index is -0.449. The number of nitrogens with zero attached hydrogens (tertiary/aromatic N) is 2. The predicted molar refractivity (Wildman–Crippen MR) is 74.0 cm³/mol. The van der Waals surface area contributed by atoms with Crippen LogP contribution in [0.3, 0.4) is 0 Å². The maximum atomic E-state index is 12.1. The molecule has 20 heavy (non-hydrogen) atoms. The van der Waals surface area contributed by atoms with E-state index in [1.807, 2.05) is 0 Å². The van der Waals surface area contributed by atoms with Gasteiger partial charge in [-0.25, -0.2) is 4.79 Å². The first-order valence-electron chi connectivity index (χ1n) is 6.45. The Morgan fingerprint density at radius 1 is 1.55 bits per heavy atom. The third kappa shape index (κ3) is 3.05. The Kier molecular flexibility index (Phi) is 4.52. The van der Waals surface area contributed by atoms with Gasteiger partial charge >= 0.3 is 6.03 Å². The number of methoxy groups -OCH3 is 1. The van der Waals surface area contributed by atoms with Gasteiger partial charge in [-0.3, -0.25) is 15.0 Å². The van der Waals surface area contributed by atoms with Crippen LogP contribution >= 0.6 is 0 Å². The maximum absolute atomic E-state index is 12.1. The molecule has 0 aromatic heterocycles. The lowest BCUT2D eigenvalue weighted by Crippen LogP contribution is -2.43. The Bertz CT molecular complexity index is 518. The number of amides is 2. The molecule has 7 nitrogen and oxygen atoms in total. The Balaban J connectivity index is 2.19. The number of hydrogen-bond acceptors (Lipinski definition) is 4. The number of nitrogens with one attached hydrogen (secondary N) is 1. The van der Waals surface area contributed by atoms with Crippen molar-refractivity contribution in [2.75, 3.05) is 31.7 Å². The number of hydrogen-bond donors (Lipinski definition) is 1. The van der Waals surface area contributed by atoms with Crippen LogP contribution in [0.2, 0.25) is 0 Å². The molecule has 1 aliphatic rings. The summed E-state index contributed by atoms with van der Waals surface area (Å²) in [7, 11) is 1.56. The summed E-state index contributed by atoms with van der Waals surface area (Å²) in [6.07, 6.45) is 1.68. The van der Waals surface area contributed by atoms with Gasteiger partial charge in [0.25, 0.3) is 5.69 Å². The molecule has 0 saturated carbocycles. The number of ether oxygens (including phenoxy) is 1. The first-order chi connectivity index (χ1) is 9.63. The summed E-state index contributed by atoms with van der Waals surface area (Å²) in [5, 5.41) is 13.6. The van der Waals surface area contributed by atoms with Crippen molar-refractivity contribution >= 4 is 17.4 Å². The molecular weight excluding hydrogens is 262 g/mol. The fourth-order valence-electron chi connectivity index (χ4n) is 2.24. The van der Waals surface area contributed by atoms with Gasteiger partial charge in [0.05, 0.1) is 17.2 Å². The highest BCUT2D eigenvalue weighted by Gasteiger charge is 2.24. The molecule has 0 aliphatic carbocycles. The summed E-state index contributed by atoms with van der Waals surface area (Å²) >= 11 is 0. The summed E-state index contributed by atoms with van der Waals surface area (Å²) < 4.78 is 4.88. The number of carbonyl (C=O) groups is 1. The minimum absolute atomic E-state index is 0.000316. The molecule has 0 radical (unpaired) electrons. The fourth-order valence-corrected chi connectivity index (χ4v) is 2.24. The molecule has 7 heteroatoms. The third-order valence-corrected chi connectivity index (χ3v) is 3.23. The van der Waals surface area contributed by atoms with Crippen LogP contribution in [0, 0.1) is 10.1 Å². The second-order valence-electron chi connectivity index (χ2n) is 4.55. The van der Waals surface area contributed by atoms with Gasteiger partial charge in [0.15, 0.2) is 0 Å². The van der Waals surface area contributed by atoms with Gasteiger partial charge in [-0.05, 0) is 18.4 Å². The van der Waals surface area contributed by atoms with Gasteiger partial charge in [-0.1, -0.05) is 6.07 Å². The monoisotopic (exact) mass is 279 g/mol. The normalized spacial score (nSPS) is 13.8. The van der Waals surface area contributed by atoms with Gasteiger partial charge in [-0.15, -0.1) is 0 Å². The molecule has 2 rings (SSSR count). The van der Waals surface area contributed by atoms with Crippen LogP contribution < -0.4 is 10.2 Å². The minimum Gasteiger partial charge on any atom is -0.383 e. The molecule has 1 N–H and O–H groups in total. The van der Waals surface area contributed by atoms with Crippen molar-refractivity contribution in [1.29, 1.82) is 0 Å². The maximum Gasteiger partial charge on any atom is 0.321 e. The summed E-state index contributed by atoms with van der Waals surface area (Å²) in [6, 6.07) is 4.42. The molecule has 0 spiro atoms. The topological polar surface area (TPSA) is 84.7 Å². The summed E-state index contributed by atoms with van der Waals surface area (Å²) in [4.78, 5) is 24.1. The van der Waals surface area contributed by atoms with Gasteiger partial charge < -0.3 is 10.1 Å². The Labute approximate surface area is 116 Å². The third-order valence-electron chi connectivity index (χ3n) is 3.23. The van der Waals surface area contributed by atoms with Crippen LogP contribution in [-0.2, 0) is 11.2 Å². The van der Waals surface area contributed by atoms with Crippen LogP contribution in [0.25, 0.3) is 0 Å². The number of urea groups is 1. The SMILES string of the molecule is COCCNC(=O)N1CCCc2ccc([N+](=O)[O-])cc21. The van der Waals surface area contributed by atoms with E-state index >= 15 is 0 Å². The number of fused-ring (bicyclic) bond motifs is 1. The van der Waals surface area contributed by atoms with Crippen molar-refractivity contribution in [3.8, 4) is 0 Å². The summed E-state index contributed by atoms with van der Waals surface area (Å²) in [5.74, 6) is 0.